The first kappa shape index (κ1) is 31.3. The summed E-state index contributed by atoms with van der Waals surface area (Å²) in [6.07, 6.45) is 6.58. The number of nitrogens with one attached hydrogen (secondary N) is 1. The number of rotatable bonds is 12. The smallest absolute Gasteiger partial charge is 0.244 e. The van der Waals surface area contributed by atoms with Crippen LogP contribution in [0.5, 0.6) is 0 Å². The van der Waals surface area contributed by atoms with E-state index in [4.69, 9.17) is 0 Å². The molecule has 4 rings (SSSR count). The summed E-state index contributed by atoms with van der Waals surface area (Å²) in [5.74, 6) is -0.584. The molecule has 0 heterocycles. The fourth-order valence-corrected chi connectivity index (χ4v) is 6.54. The van der Waals surface area contributed by atoms with Gasteiger partial charge in [0.2, 0.25) is 21.8 Å². The van der Waals surface area contributed by atoms with Gasteiger partial charge in [-0.2, -0.15) is 0 Å². The molecular weight excluding hydrogens is 546 g/mol. The molecule has 1 atom stereocenters. The number of hydrogen-bond donors (Lipinski definition) is 1. The van der Waals surface area contributed by atoms with Crippen LogP contribution < -0.4 is 9.62 Å². The van der Waals surface area contributed by atoms with Crippen molar-refractivity contribution >= 4 is 27.5 Å². The van der Waals surface area contributed by atoms with Crippen LogP contribution in [0.2, 0.25) is 0 Å². The van der Waals surface area contributed by atoms with E-state index < -0.39 is 28.5 Å². The van der Waals surface area contributed by atoms with Crippen LogP contribution in [-0.2, 0) is 32.6 Å². The van der Waals surface area contributed by atoms with Gasteiger partial charge in [0.15, 0.2) is 0 Å². The molecule has 1 aliphatic carbocycles. The number of benzene rings is 3. The first-order valence-electron chi connectivity index (χ1n) is 14.9. The lowest BCUT2D eigenvalue weighted by Gasteiger charge is -2.35. The monoisotopic (exact) mass is 589 g/mol. The van der Waals surface area contributed by atoms with E-state index in [0.29, 0.717) is 12.1 Å². The second kappa shape index (κ2) is 14.5. The Morgan fingerprint density at radius 3 is 2.00 bits per heavy atom. The Hall–Kier alpha value is -3.65. The molecule has 3 aromatic carbocycles. The fraction of sp³-hybridized carbons (Fsp3) is 0.412. The predicted octanol–water partition coefficient (Wildman–Crippen LogP) is 5.67. The molecule has 8 heteroatoms. The summed E-state index contributed by atoms with van der Waals surface area (Å²) >= 11 is 0. The zero-order valence-corrected chi connectivity index (χ0v) is 25.7. The molecule has 224 valence electrons. The second-order valence-corrected chi connectivity index (χ2v) is 13.4. The van der Waals surface area contributed by atoms with Gasteiger partial charge in [0.1, 0.15) is 12.6 Å². The van der Waals surface area contributed by atoms with E-state index in [2.05, 4.69) is 5.32 Å². The maximum Gasteiger partial charge on any atom is 0.244 e. The van der Waals surface area contributed by atoms with Crippen molar-refractivity contribution in [3.8, 4) is 0 Å². The predicted molar refractivity (Wildman–Crippen MR) is 169 cm³/mol. The lowest BCUT2D eigenvalue weighted by atomic mass is 9.94. The van der Waals surface area contributed by atoms with E-state index in [1.54, 1.807) is 17.0 Å². The SMILES string of the molecule is CC(C)c1ccccc1N(CC(=O)N(Cc1ccccc1)[C@H](Cc1ccccc1)C(=O)NC1CCCCC1)S(C)(=O)=O. The molecule has 3 aromatic rings. The Labute approximate surface area is 251 Å². The Morgan fingerprint density at radius 1 is 0.833 bits per heavy atom. The summed E-state index contributed by atoms with van der Waals surface area (Å²) in [6, 6.07) is 25.7. The Bertz CT molecular complexity index is 1420. The standard InChI is InChI=1S/C34H43N3O4S/c1-26(2)30-21-13-14-22-31(30)37(42(3,40)41)25-33(38)36(24-28-17-9-5-10-18-28)32(23-27-15-7-4-8-16-27)34(39)35-29-19-11-6-12-20-29/h4-5,7-10,13-18,21-22,26,29,32H,6,11-12,19-20,23-25H2,1-3H3,(H,35,39)/t32-/m1/s1. The van der Waals surface area contributed by atoms with Crippen LogP contribution in [-0.4, -0.2) is 50.0 Å². The Balaban J connectivity index is 1.73. The van der Waals surface area contributed by atoms with Crippen LogP contribution in [0.1, 0.15) is 68.6 Å². The van der Waals surface area contributed by atoms with Gasteiger partial charge in [-0.15, -0.1) is 0 Å². The van der Waals surface area contributed by atoms with Gasteiger partial charge in [-0.05, 0) is 41.5 Å². The van der Waals surface area contributed by atoms with E-state index in [1.807, 2.05) is 86.6 Å². The number of hydrogen-bond acceptors (Lipinski definition) is 4. The average molecular weight is 590 g/mol. The quantitative estimate of drug-likeness (QED) is 0.295. The molecule has 0 saturated heterocycles. The van der Waals surface area contributed by atoms with Gasteiger partial charge in [-0.3, -0.25) is 13.9 Å². The van der Waals surface area contributed by atoms with Crippen LogP contribution in [0.25, 0.3) is 0 Å². The lowest BCUT2D eigenvalue weighted by Crippen LogP contribution is -2.55. The molecule has 2 amide bonds. The second-order valence-electron chi connectivity index (χ2n) is 11.5. The normalized spacial score (nSPS) is 14.8. The number of nitrogens with zero attached hydrogens (tertiary/aromatic N) is 2. The van der Waals surface area contributed by atoms with Crippen molar-refractivity contribution in [2.24, 2.45) is 0 Å². The van der Waals surface area contributed by atoms with Gasteiger partial charge in [-0.1, -0.05) is 112 Å². The number of anilines is 1. The van der Waals surface area contributed by atoms with Crippen molar-refractivity contribution in [2.75, 3.05) is 17.1 Å². The van der Waals surface area contributed by atoms with Gasteiger partial charge < -0.3 is 10.2 Å². The summed E-state index contributed by atoms with van der Waals surface area (Å²) in [4.78, 5) is 29.9. The third-order valence-corrected chi connectivity index (χ3v) is 9.05. The van der Waals surface area contributed by atoms with E-state index in [-0.39, 0.29) is 24.4 Å². The topological polar surface area (TPSA) is 86.8 Å². The lowest BCUT2D eigenvalue weighted by molar-refractivity contribution is -0.140. The van der Waals surface area contributed by atoms with Gasteiger partial charge in [0.25, 0.3) is 0 Å². The van der Waals surface area contributed by atoms with E-state index in [9.17, 15) is 18.0 Å². The van der Waals surface area contributed by atoms with Crippen molar-refractivity contribution in [2.45, 2.75) is 76.9 Å². The minimum Gasteiger partial charge on any atom is -0.352 e. The van der Waals surface area contributed by atoms with E-state index in [0.717, 1.165) is 55.1 Å². The molecule has 0 spiro atoms. The van der Waals surface area contributed by atoms with Crippen molar-refractivity contribution in [1.82, 2.24) is 10.2 Å². The first-order valence-corrected chi connectivity index (χ1v) is 16.7. The third-order valence-electron chi connectivity index (χ3n) is 7.93. The molecule has 1 saturated carbocycles. The van der Waals surface area contributed by atoms with Crippen LogP contribution in [0, 0.1) is 0 Å². The minimum absolute atomic E-state index is 0.0491. The molecular formula is C34H43N3O4S. The first-order chi connectivity index (χ1) is 20.1. The van der Waals surface area contributed by atoms with Gasteiger partial charge in [0.05, 0.1) is 11.9 Å². The maximum absolute atomic E-state index is 14.3. The van der Waals surface area contributed by atoms with E-state index >= 15 is 0 Å². The Morgan fingerprint density at radius 2 is 1.40 bits per heavy atom. The number of amides is 2. The summed E-state index contributed by atoms with van der Waals surface area (Å²) in [5, 5.41) is 3.23. The highest BCUT2D eigenvalue weighted by Crippen LogP contribution is 2.29. The van der Waals surface area contributed by atoms with Crippen molar-refractivity contribution in [3.05, 3.63) is 102 Å². The van der Waals surface area contributed by atoms with Crippen LogP contribution in [0.15, 0.2) is 84.9 Å². The maximum atomic E-state index is 14.3. The largest absolute Gasteiger partial charge is 0.352 e. The fourth-order valence-electron chi connectivity index (χ4n) is 5.68. The molecule has 0 radical (unpaired) electrons. The summed E-state index contributed by atoms with van der Waals surface area (Å²) < 4.78 is 27.5. The third kappa shape index (κ3) is 8.44. The van der Waals surface area contributed by atoms with Crippen molar-refractivity contribution < 1.29 is 18.0 Å². The molecule has 42 heavy (non-hydrogen) atoms. The summed E-state index contributed by atoms with van der Waals surface area (Å²) in [7, 11) is -3.82. The molecule has 1 fully saturated rings. The summed E-state index contributed by atoms with van der Waals surface area (Å²) in [6.45, 7) is 3.76. The molecule has 1 N–H and O–H groups in total. The molecule has 1 aliphatic rings. The number of carbonyl (C=O) groups excluding carboxylic acids is 2. The van der Waals surface area contributed by atoms with Gasteiger partial charge in [-0.25, -0.2) is 8.42 Å². The van der Waals surface area contributed by atoms with Crippen LogP contribution >= 0.6 is 0 Å². The van der Waals surface area contributed by atoms with Gasteiger partial charge in [0, 0.05) is 19.0 Å². The van der Waals surface area contributed by atoms with Crippen LogP contribution in [0.3, 0.4) is 0 Å². The highest BCUT2D eigenvalue weighted by atomic mass is 32.2. The molecule has 7 nitrogen and oxygen atoms in total. The van der Waals surface area contributed by atoms with E-state index in [1.165, 1.54) is 4.31 Å². The average Bonchev–Trinajstić information content (AvgIpc) is 2.98. The number of para-hydroxylation sites is 1. The Kier molecular flexibility index (Phi) is 10.8. The van der Waals surface area contributed by atoms with Crippen molar-refractivity contribution in [1.29, 1.82) is 0 Å². The molecule has 0 aromatic heterocycles. The zero-order valence-electron chi connectivity index (χ0n) is 24.9. The minimum atomic E-state index is -3.82. The number of sulfonamides is 1. The highest BCUT2D eigenvalue weighted by molar-refractivity contribution is 7.92. The number of carbonyl (C=O) groups is 2. The zero-order chi connectivity index (χ0) is 30.1. The van der Waals surface area contributed by atoms with Crippen LogP contribution in [0.4, 0.5) is 5.69 Å². The highest BCUT2D eigenvalue weighted by Gasteiger charge is 2.34. The molecule has 0 unspecified atom stereocenters. The van der Waals surface area contributed by atoms with Gasteiger partial charge >= 0.3 is 0 Å². The van der Waals surface area contributed by atoms with Crippen molar-refractivity contribution in [3.63, 3.8) is 0 Å². The molecule has 0 aliphatic heterocycles. The molecule has 0 bridgehead atoms. The summed E-state index contributed by atoms with van der Waals surface area (Å²) in [5.41, 5.74) is 3.11.